The Hall–Kier alpha value is -1.46. The van der Waals surface area contributed by atoms with E-state index in [9.17, 15) is 0 Å². The van der Waals surface area contributed by atoms with Gasteiger partial charge in [0.2, 0.25) is 0 Å². The van der Waals surface area contributed by atoms with E-state index in [1.807, 2.05) is 0 Å². The second-order valence-electron chi connectivity index (χ2n) is 4.31. The van der Waals surface area contributed by atoms with Gasteiger partial charge in [0.15, 0.2) is 0 Å². The monoisotopic (exact) mass is 320 g/mol. The van der Waals surface area contributed by atoms with Crippen LogP contribution < -0.4 is 0 Å². The molecule has 0 aliphatic carbocycles. The van der Waals surface area contributed by atoms with E-state index in [0.29, 0.717) is 0 Å². The predicted molar refractivity (Wildman–Crippen MR) is 79.1 cm³/mol. The molecule has 1 heteroatoms. The van der Waals surface area contributed by atoms with Crippen molar-refractivity contribution in [2.24, 2.45) is 0 Å². The summed E-state index contributed by atoms with van der Waals surface area (Å²) in [6.45, 7) is 0. The van der Waals surface area contributed by atoms with Crippen LogP contribution in [0, 0.1) is 0 Å². The molecule has 0 aromatic heterocycles. The quantitative estimate of drug-likeness (QED) is 0.395. The van der Waals surface area contributed by atoms with Crippen LogP contribution in [0.15, 0.2) is 84.9 Å². The van der Waals surface area contributed by atoms with Crippen LogP contribution in [-0.2, 0) is 26.2 Å². The van der Waals surface area contributed by atoms with E-state index < -0.39 is 0 Å². The van der Waals surface area contributed by atoms with Crippen molar-refractivity contribution >= 4 is 21.5 Å². The van der Waals surface area contributed by atoms with Gasteiger partial charge in [-0.25, -0.2) is 0 Å². The third-order valence-electron chi connectivity index (χ3n) is 3.10. The summed E-state index contributed by atoms with van der Waals surface area (Å²) in [5.41, 5.74) is 0. The maximum Gasteiger partial charge on any atom is 2.00 e. The molecule has 0 atom stereocenters. The topological polar surface area (TPSA) is 0 Å². The third kappa shape index (κ3) is 3.30. The molecule has 0 amide bonds. The van der Waals surface area contributed by atoms with E-state index in [0.717, 1.165) is 0 Å². The second kappa shape index (κ2) is 6.63. The Labute approximate surface area is 132 Å². The first-order valence-corrected chi connectivity index (χ1v) is 6.14. The van der Waals surface area contributed by atoms with Crippen molar-refractivity contribution in [3.8, 4) is 0 Å². The molecule has 0 spiro atoms. The summed E-state index contributed by atoms with van der Waals surface area (Å²) in [5.74, 6) is 0. The number of hydrogen-bond donors (Lipinski definition) is 0. The van der Waals surface area contributed by atoms with Gasteiger partial charge in [0.05, 0.1) is 0 Å². The van der Waals surface area contributed by atoms with Crippen LogP contribution in [-0.4, -0.2) is 0 Å². The average molecular weight is 322 g/mol. The minimum atomic E-state index is 0. The van der Waals surface area contributed by atoms with Crippen LogP contribution in [0.2, 0.25) is 0 Å². The fourth-order valence-corrected chi connectivity index (χ4v) is 2.14. The minimum absolute atomic E-state index is 0. The van der Waals surface area contributed by atoms with Crippen LogP contribution in [0.4, 0.5) is 0 Å². The molecule has 0 N–H and O–H groups in total. The fraction of sp³-hybridized carbons (Fsp3) is 0. The standard InChI is InChI=1S/2C9H7.Zr/c2*1-2-5-9-7-3-6-8(9)4-1;/h2*1-7H;/q2*-1;+2. The molecule has 0 aliphatic heterocycles. The van der Waals surface area contributed by atoms with Crippen LogP contribution >= 0.6 is 0 Å². The van der Waals surface area contributed by atoms with Crippen molar-refractivity contribution in [2.75, 3.05) is 0 Å². The molecule has 0 saturated heterocycles. The first-order valence-electron chi connectivity index (χ1n) is 6.14. The van der Waals surface area contributed by atoms with Crippen molar-refractivity contribution in [3.63, 3.8) is 0 Å². The third-order valence-corrected chi connectivity index (χ3v) is 3.10. The minimum Gasteiger partial charge on any atom is -0.168 e. The van der Waals surface area contributed by atoms with Gasteiger partial charge in [0.1, 0.15) is 0 Å². The molecule has 19 heavy (non-hydrogen) atoms. The Bertz CT molecular complexity index is 620. The first kappa shape index (κ1) is 14.0. The molecule has 90 valence electrons. The molecule has 0 radical (unpaired) electrons. The van der Waals surface area contributed by atoms with Crippen molar-refractivity contribution in [3.05, 3.63) is 84.9 Å². The molecular weight excluding hydrogens is 307 g/mol. The summed E-state index contributed by atoms with van der Waals surface area (Å²) in [7, 11) is 0. The smallest absolute Gasteiger partial charge is 0.168 e. The molecule has 4 rings (SSSR count). The van der Waals surface area contributed by atoms with Gasteiger partial charge in [-0.1, -0.05) is 12.1 Å². The summed E-state index contributed by atoms with van der Waals surface area (Å²) in [5, 5.41) is 5.32. The molecule has 0 heterocycles. The summed E-state index contributed by atoms with van der Waals surface area (Å²) in [4.78, 5) is 0. The molecule has 0 unspecified atom stereocenters. The Morgan fingerprint density at radius 2 is 0.947 bits per heavy atom. The van der Waals surface area contributed by atoms with Crippen LogP contribution in [0.5, 0.6) is 0 Å². The normalized spacial score (nSPS) is 9.68. The summed E-state index contributed by atoms with van der Waals surface area (Å²) >= 11 is 0. The molecule has 4 aromatic rings. The van der Waals surface area contributed by atoms with E-state index in [-0.39, 0.29) is 26.2 Å². The fourth-order valence-electron chi connectivity index (χ4n) is 2.14. The van der Waals surface area contributed by atoms with Crippen molar-refractivity contribution < 1.29 is 26.2 Å². The zero-order valence-corrected chi connectivity index (χ0v) is 13.0. The average Bonchev–Trinajstić information content (AvgIpc) is 3.08. The molecule has 0 saturated carbocycles. The van der Waals surface area contributed by atoms with Gasteiger partial charge in [0, 0.05) is 0 Å². The Kier molecular flexibility index (Phi) is 4.88. The second-order valence-corrected chi connectivity index (χ2v) is 4.31. The Morgan fingerprint density at radius 3 is 1.37 bits per heavy atom. The van der Waals surface area contributed by atoms with Gasteiger partial charge < -0.3 is 0 Å². The van der Waals surface area contributed by atoms with Crippen LogP contribution in [0.3, 0.4) is 0 Å². The van der Waals surface area contributed by atoms with Crippen molar-refractivity contribution in [2.45, 2.75) is 0 Å². The maximum atomic E-state index is 2.12. The van der Waals surface area contributed by atoms with E-state index in [1.54, 1.807) is 0 Å². The number of rotatable bonds is 0. The zero-order chi connectivity index (χ0) is 12.2. The van der Waals surface area contributed by atoms with E-state index >= 15 is 0 Å². The van der Waals surface area contributed by atoms with Crippen LogP contribution in [0.1, 0.15) is 0 Å². The number of benzene rings is 2. The van der Waals surface area contributed by atoms with E-state index in [1.165, 1.54) is 21.5 Å². The number of fused-ring (bicyclic) bond motifs is 2. The molecule has 4 aromatic carbocycles. The van der Waals surface area contributed by atoms with E-state index in [4.69, 9.17) is 0 Å². The summed E-state index contributed by atoms with van der Waals surface area (Å²) in [6, 6.07) is 29.3. The zero-order valence-electron chi connectivity index (χ0n) is 10.6. The van der Waals surface area contributed by atoms with Gasteiger partial charge >= 0.3 is 26.2 Å². The SMILES string of the molecule is [Zr+2].c1ccc2[cH-]ccc2c1.c1ccc2[cH-]ccc2c1. The van der Waals surface area contributed by atoms with Crippen LogP contribution in [0.25, 0.3) is 21.5 Å². The van der Waals surface area contributed by atoms with E-state index in [2.05, 4.69) is 84.9 Å². The Balaban J connectivity index is 0.000000133. The van der Waals surface area contributed by atoms with Gasteiger partial charge in [-0.05, 0) is 0 Å². The molecule has 0 aliphatic rings. The molecule has 0 fully saturated rings. The largest absolute Gasteiger partial charge is 2.00 e. The summed E-state index contributed by atoms with van der Waals surface area (Å²) < 4.78 is 0. The molecular formula is C18H14Zr. The first-order chi connectivity index (χ1) is 8.93. The van der Waals surface area contributed by atoms with Crippen molar-refractivity contribution in [1.82, 2.24) is 0 Å². The number of hydrogen-bond acceptors (Lipinski definition) is 0. The molecule has 0 nitrogen and oxygen atoms in total. The Morgan fingerprint density at radius 1 is 0.526 bits per heavy atom. The maximum absolute atomic E-state index is 2.12. The van der Waals surface area contributed by atoms with Crippen molar-refractivity contribution in [1.29, 1.82) is 0 Å². The summed E-state index contributed by atoms with van der Waals surface area (Å²) in [6.07, 6.45) is 0. The van der Waals surface area contributed by atoms with Gasteiger partial charge in [-0.15, -0.1) is 59.3 Å². The predicted octanol–water partition coefficient (Wildman–Crippen LogP) is 5.11. The molecule has 0 bridgehead atoms. The van der Waals surface area contributed by atoms with Gasteiger partial charge in [0.25, 0.3) is 0 Å². The van der Waals surface area contributed by atoms with Gasteiger partial charge in [-0.3, -0.25) is 0 Å². The van der Waals surface area contributed by atoms with Gasteiger partial charge in [-0.2, -0.15) is 35.0 Å².